The molecule has 0 heterocycles. The fourth-order valence-corrected chi connectivity index (χ4v) is 0.422. The van der Waals surface area contributed by atoms with Crippen LogP contribution in [0.5, 0.6) is 0 Å². The molecule has 1 atom stereocenters. The first-order valence-corrected chi connectivity index (χ1v) is 3.18. The Hall–Kier alpha value is -0.380. The number of aliphatic hydroxyl groups is 2. The Kier molecular flexibility index (Phi) is 5.20. The van der Waals surface area contributed by atoms with Gasteiger partial charge in [0.05, 0.1) is 19.8 Å². The van der Waals surface area contributed by atoms with Gasteiger partial charge in [-0.3, -0.25) is 0 Å². The smallest absolute Gasteiger partial charge is 0.100 e. The van der Waals surface area contributed by atoms with E-state index in [9.17, 15) is 0 Å². The molecular formula is C7H14O3. The van der Waals surface area contributed by atoms with E-state index in [2.05, 4.69) is 6.58 Å². The van der Waals surface area contributed by atoms with Crippen LogP contribution in [0, 0.1) is 0 Å². The van der Waals surface area contributed by atoms with Crippen molar-refractivity contribution in [2.45, 2.75) is 13.0 Å². The number of aliphatic hydroxyl groups excluding tert-OH is 2. The van der Waals surface area contributed by atoms with Crippen molar-refractivity contribution in [1.82, 2.24) is 0 Å². The first-order valence-electron chi connectivity index (χ1n) is 3.18. The molecule has 0 fully saturated rings. The first kappa shape index (κ1) is 9.62. The summed E-state index contributed by atoms with van der Waals surface area (Å²) in [6, 6.07) is 0. The Bertz CT molecular complexity index is 101. The molecule has 0 amide bonds. The Balaban J connectivity index is 3.11. The van der Waals surface area contributed by atoms with Crippen molar-refractivity contribution in [1.29, 1.82) is 0 Å². The normalized spacial score (nSPS) is 13.1. The Morgan fingerprint density at radius 3 is 2.70 bits per heavy atom. The molecular weight excluding hydrogens is 132 g/mol. The molecule has 0 spiro atoms. The van der Waals surface area contributed by atoms with Gasteiger partial charge in [0.15, 0.2) is 0 Å². The van der Waals surface area contributed by atoms with Gasteiger partial charge in [0, 0.05) is 0 Å². The predicted octanol–water partition coefficient (Wildman–Crippen LogP) is -0.0677. The minimum absolute atomic E-state index is 0.170. The van der Waals surface area contributed by atoms with E-state index in [-0.39, 0.29) is 13.2 Å². The minimum atomic E-state index is -0.764. The monoisotopic (exact) mass is 146 g/mol. The van der Waals surface area contributed by atoms with Gasteiger partial charge in [0.25, 0.3) is 0 Å². The van der Waals surface area contributed by atoms with E-state index in [1.54, 1.807) is 0 Å². The average Bonchev–Trinajstić information content (AvgIpc) is 1.87. The van der Waals surface area contributed by atoms with E-state index >= 15 is 0 Å². The summed E-state index contributed by atoms with van der Waals surface area (Å²) in [5.74, 6) is 0. The predicted molar refractivity (Wildman–Crippen MR) is 38.7 cm³/mol. The molecule has 0 bridgehead atoms. The summed E-state index contributed by atoms with van der Waals surface area (Å²) in [7, 11) is 0. The number of ether oxygens (including phenoxy) is 1. The highest BCUT2D eigenvalue weighted by atomic mass is 16.5. The molecule has 2 N–H and O–H groups in total. The molecule has 0 aliphatic carbocycles. The third-order valence-electron chi connectivity index (χ3n) is 0.869. The third-order valence-corrected chi connectivity index (χ3v) is 0.869. The lowest BCUT2D eigenvalue weighted by atomic mass is 10.4. The van der Waals surface area contributed by atoms with Gasteiger partial charge in [-0.2, -0.15) is 0 Å². The highest BCUT2D eigenvalue weighted by Crippen LogP contribution is 1.89. The van der Waals surface area contributed by atoms with Crippen LogP contribution in [0.4, 0.5) is 0 Å². The molecule has 10 heavy (non-hydrogen) atoms. The zero-order valence-corrected chi connectivity index (χ0v) is 6.21. The molecule has 60 valence electrons. The van der Waals surface area contributed by atoms with Gasteiger partial charge in [0.1, 0.15) is 6.10 Å². The van der Waals surface area contributed by atoms with Crippen molar-refractivity contribution < 1.29 is 14.9 Å². The van der Waals surface area contributed by atoms with Gasteiger partial charge in [-0.15, -0.1) is 0 Å². The maximum atomic E-state index is 8.77. The topological polar surface area (TPSA) is 49.7 Å². The zero-order valence-electron chi connectivity index (χ0n) is 6.21. The van der Waals surface area contributed by atoms with Gasteiger partial charge in [-0.25, -0.2) is 0 Å². The molecule has 0 rings (SSSR count). The van der Waals surface area contributed by atoms with Gasteiger partial charge in [0.2, 0.25) is 0 Å². The van der Waals surface area contributed by atoms with Crippen LogP contribution < -0.4 is 0 Å². The third kappa shape index (κ3) is 5.75. The molecule has 0 aliphatic heterocycles. The minimum Gasteiger partial charge on any atom is -0.394 e. The summed E-state index contributed by atoms with van der Waals surface area (Å²) in [4.78, 5) is 0. The van der Waals surface area contributed by atoms with Crippen LogP contribution in [-0.2, 0) is 4.74 Å². The van der Waals surface area contributed by atoms with Crippen LogP contribution in [0.2, 0.25) is 0 Å². The second-order valence-electron chi connectivity index (χ2n) is 2.31. The fourth-order valence-electron chi connectivity index (χ4n) is 0.422. The van der Waals surface area contributed by atoms with E-state index in [0.29, 0.717) is 6.61 Å². The van der Waals surface area contributed by atoms with E-state index in [0.717, 1.165) is 5.57 Å². The maximum Gasteiger partial charge on any atom is 0.100 e. The van der Waals surface area contributed by atoms with Crippen LogP contribution in [0.1, 0.15) is 6.92 Å². The summed E-state index contributed by atoms with van der Waals surface area (Å²) in [5.41, 5.74) is 0.908. The van der Waals surface area contributed by atoms with Crippen LogP contribution in [0.15, 0.2) is 12.2 Å². The molecule has 1 unspecified atom stereocenters. The van der Waals surface area contributed by atoms with Crippen LogP contribution in [0.25, 0.3) is 0 Å². The van der Waals surface area contributed by atoms with E-state index in [1.165, 1.54) is 0 Å². The first-order chi connectivity index (χ1) is 4.66. The molecule has 0 saturated heterocycles. The molecule has 0 saturated carbocycles. The van der Waals surface area contributed by atoms with Gasteiger partial charge < -0.3 is 14.9 Å². The quantitative estimate of drug-likeness (QED) is 0.534. The van der Waals surface area contributed by atoms with Crippen LogP contribution in [0.3, 0.4) is 0 Å². The lowest BCUT2D eigenvalue weighted by Crippen LogP contribution is -2.19. The lowest BCUT2D eigenvalue weighted by Gasteiger charge is -2.07. The summed E-state index contributed by atoms with van der Waals surface area (Å²) < 4.78 is 4.94. The van der Waals surface area contributed by atoms with Gasteiger partial charge in [-0.05, 0) is 6.92 Å². The highest BCUT2D eigenvalue weighted by molar-refractivity contribution is 4.87. The van der Waals surface area contributed by atoms with Crippen molar-refractivity contribution in [3.05, 3.63) is 12.2 Å². The van der Waals surface area contributed by atoms with E-state index in [1.807, 2.05) is 6.92 Å². The van der Waals surface area contributed by atoms with E-state index in [4.69, 9.17) is 14.9 Å². The van der Waals surface area contributed by atoms with Gasteiger partial charge in [-0.1, -0.05) is 12.2 Å². The molecule has 0 aromatic rings. The Morgan fingerprint density at radius 1 is 1.70 bits per heavy atom. The Morgan fingerprint density at radius 2 is 2.30 bits per heavy atom. The van der Waals surface area contributed by atoms with Crippen LogP contribution in [-0.4, -0.2) is 36.1 Å². The second kappa shape index (κ2) is 5.41. The molecule has 0 radical (unpaired) electrons. The van der Waals surface area contributed by atoms with Crippen molar-refractivity contribution in [3.63, 3.8) is 0 Å². The molecule has 3 heteroatoms. The number of hydrogen-bond donors (Lipinski definition) is 2. The van der Waals surface area contributed by atoms with E-state index < -0.39 is 6.10 Å². The Labute approximate surface area is 60.9 Å². The standard InChI is InChI=1S/C7H14O3/c1-6(2)4-10-5-7(9)3-8/h7-9H,1,3-5H2,2H3. The average molecular weight is 146 g/mol. The fraction of sp³-hybridized carbons (Fsp3) is 0.714. The molecule has 0 aromatic heterocycles. The van der Waals surface area contributed by atoms with Crippen LogP contribution >= 0.6 is 0 Å². The van der Waals surface area contributed by atoms with Gasteiger partial charge >= 0.3 is 0 Å². The summed E-state index contributed by atoms with van der Waals surface area (Å²) in [6.45, 7) is 5.81. The zero-order chi connectivity index (χ0) is 7.98. The van der Waals surface area contributed by atoms with Crippen molar-refractivity contribution in [2.75, 3.05) is 19.8 Å². The molecule has 0 aliphatic rings. The molecule has 3 nitrogen and oxygen atoms in total. The maximum absolute atomic E-state index is 8.77. The molecule has 0 aromatic carbocycles. The summed E-state index contributed by atoms with van der Waals surface area (Å²) in [6.07, 6.45) is -0.764. The lowest BCUT2D eigenvalue weighted by molar-refractivity contribution is 0.0133. The largest absolute Gasteiger partial charge is 0.394 e. The second-order valence-corrected chi connectivity index (χ2v) is 2.31. The summed E-state index contributed by atoms with van der Waals surface area (Å²) in [5, 5.41) is 17.1. The van der Waals surface area contributed by atoms with Crippen molar-refractivity contribution >= 4 is 0 Å². The number of rotatable bonds is 5. The van der Waals surface area contributed by atoms with Crippen molar-refractivity contribution in [3.8, 4) is 0 Å². The SMILES string of the molecule is C=C(C)COCC(O)CO. The number of hydrogen-bond acceptors (Lipinski definition) is 3. The highest BCUT2D eigenvalue weighted by Gasteiger charge is 1.99. The van der Waals surface area contributed by atoms with Crippen molar-refractivity contribution in [2.24, 2.45) is 0 Å². The summed E-state index contributed by atoms with van der Waals surface area (Å²) >= 11 is 0.